The molecule has 1 aliphatic heterocycles. The van der Waals surface area contributed by atoms with E-state index in [1.807, 2.05) is 24.3 Å². The number of amides is 2. The van der Waals surface area contributed by atoms with Crippen molar-refractivity contribution in [2.75, 3.05) is 26.8 Å². The molecule has 0 aromatic heterocycles. The molecular formula is C25H28N2O6. The van der Waals surface area contributed by atoms with Crippen LogP contribution in [0.25, 0.3) is 11.1 Å². The van der Waals surface area contributed by atoms with Crippen molar-refractivity contribution in [3.8, 4) is 11.1 Å². The van der Waals surface area contributed by atoms with E-state index >= 15 is 0 Å². The number of benzene rings is 2. The van der Waals surface area contributed by atoms with Crippen molar-refractivity contribution in [3.05, 3.63) is 59.7 Å². The van der Waals surface area contributed by atoms with E-state index < -0.39 is 30.1 Å². The highest BCUT2D eigenvalue weighted by atomic mass is 16.5. The second-order valence-corrected chi connectivity index (χ2v) is 8.51. The van der Waals surface area contributed by atoms with E-state index in [-0.39, 0.29) is 25.0 Å². The summed E-state index contributed by atoms with van der Waals surface area (Å²) in [5.41, 5.74) is 4.59. The first-order chi connectivity index (χ1) is 15.9. The summed E-state index contributed by atoms with van der Waals surface area (Å²) in [5.74, 6) is -1.77. The van der Waals surface area contributed by atoms with Crippen molar-refractivity contribution in [2.45, 2.75) is 31.4 Å². The van der Waals surface area contributed by atoms with Crippen LogP contribution in [0, 0.1) is 5.92 Å². The molecule has 0 saturated carbocycles. The lowest BCUT2D eigenvalue weighted by Crippen LogP contribution is -2.48. The molecule has 2 aromatic carbocycles. The van der Waals surface area contributed by atoms with Gasteiger partial charge in [0.2, 0.25) is 0 Å². The Morgan fingerprint density at radius 3 is 2.33 bits per heavy atom. The van der Waals surface area contributed by atoms with Crippen molar-refractivity contribution in [1.82, 2.24) is 10.2 Å². The molecule has 4 rings (SSSR count). The predicted octanol–water partition coefficient (Wildman–Crippen LogP) is 2.86. The van der Waals surface area contributed by atoms with Crippen molar-refractivity contribution in [3.63, 3.8) is 0 Å². The van der Waals surface area contributed by atoms with Crippen molar-refractivity contribution in [1.29, 1.82) is 0 Å². The number of rotatable bonds is 7. The molecule has 33 heavy (non-hydrogen) atoms. The van der Waals surface area contributed by atoms with Crippen LogP contribution >= 0.6 is 0 Å². The lowest BCUT2D eigenvalue weighted by Gasteiger charge is -2.27. The van der Waals surface area contributed by atoms with Gasteiger partial charge in [-0.2, -0.15) is 0 Å². The van der Waals surface area contributed by atoms with Gasteiger partial charge in [0.25, 0.3) is 5.91 Å². The average molecular weight is 453 g/mol. The quantitative estimate of drug-likeness (QED) is 0.669. The first-order valence-electron chi connectivity index (χ1n) is 11.1. The highest BCUT2D eigenvalue weighted by Gasteiger charge is 2.38. The molecule has 2 amide bonds. The van der Waals surface area contributed by atoms with E-state index in [0.29, 0.717) is 13.0 Å². The molecule has 174 valence electrons. The summed E-state index contributed by atoms with van der Waals surface area (Å²) in [6, 6.07) is 15.3. The maximum absolute atomic E-state index is 12.7. The summed E-state index contributed by atoms with van der Waals surface area (Å²) in [4.78, 5) is 37.5. The molecule has 0 radical (unpaired) electrons. The number of fused-ring (bicyclic) bond motifs is 3. The predicted molar refractivity (Wildman–Crippen MR) is 121 cm³/mol. The van der Waals surface area contributed by atoms with Gasteiger partial charge in [-0.1, -0.05) is 48.5 Å². The molecule has 2 aromatic rings. The maximum atomic E-state index is 12.7. The molecule has 8 heteroatoms. The minimum absolute atomic E-state index is 0.0292. The van der Waals surface area contributed by atoms with Gasteiger partial charge in [-0.05, 0) is 35.6 Å². The van der Waals surface area contributed by atoms with Crippen LogP contribution in [0.5, 0.6) is 0 Å². The van der Waals surface area contributed by atoms with Gasteiger partial charge in [-0.15, -0.1) is 0 Å². The molecule has 0 spiro atoms. The Hall–Kier alpha value is -3.39. The second-order valence-electron chi connectivity index (χ2n) is 8.51. The molecule has 1 aliphatic carbocycles. The topological polar surface area (TPSA) is 105 Å². The van der Waals surface area contributed by atoms with E-state index in [1.54, 1.807) is 0 Å². The number of carboxylic acids is 1. The van der Waals surface area contributed by atoms with Crippen LogP contribution in [0.2, 0.25) is 0 Å². The number of nitrogens with zero attached hydrogens (tertiary/aromatic N) is 1. The Morgan fingerprint density at radius 2 is 1.73 bits per heavy atom. The summed E-state index contributed by atoms with van der Waals surface area (Å²) in [5, 5.41) is 11.9. The van der Waals surface area contributed by atoms with Crippen LogP contribution < -0.4 is 5.32 Å². The molecule has 1 heterocycles. The van der Waals surface area contributed by atoms with Crippen LogP contribution in [0.3, 0.4) is 0 Å². The Bertz CT molecular complexity index is 1010. The fourth-order valence-corrected chi connectivity index (χ4v) is 4.54. The monoisotopic (exact) mass is 452 g/mol. The maximum Gasteiger partial charge on any atom is 0.407 e. The van der Waals surface area contributed by atoms with E-state index in [1.165, 1.54) is 18.9 Å². The van der Waals surface area contributed by atoms with Gasteiger partial charge in [-0.25, -0.2) is 9.59 Å². The Labute approximate surface area is 192 Å². The highest BCUT2D eigenvalue weighted by molar-refractivity contribution is 5.86. The minimum atomic E-state index is -1.09. The van der Waals surface area contributed by atoms with Gasteiger partial charge in [-0.3, -0.25) is 4.79 Å². The van der Waals surface area contributed by atoms with Gasteiger partial charge >= 0.3 is 12.1 Å². The molecule has 8 nitrogen and oxygen atoms in total. The largest absolute Gasteiger partial charge is 0.480 e. The van der Waals surface area contributed by atoms with Crippen LogP contribution in [0.15, 0.2) is 48.5 Å². The fourth-order valence-electron chi connectivity index (χ4n) is 4.54. The summed E-state index contributed by atoms with van der Waals surface area (Å²) >= 11 is 0. The summed E-state index contributed by atoms with van der Waals surface area (Å²) in [6.07, 6.45) is -0.747. The third-order valence-electron chi connectivity index (χ3n) is 6.60. The second kappa shape index (κ2) is 9.62. The minimum Gasteiger partial charge on any atom is -0.480 e. The van der Waals surface area contributed by atoms with E-state index in [4.69, 9.17) is 14.6 Å². The number of nitrogens with one attached hydrogen (secondary N) is 1. The Balaban J connectivity index is 1.33. The van der Waals surface area contributed by atoms with Gasteiger partial charge < -0.3 is 24.8 Å². The standard InChI is InChI=1S/C25H28N2O6/c1-15(24(29)30)27(2)23(28)22-16(11-12-32-22)13-26-25(31)33-14-21-19-9-5-3-7-17(19)18-8-4-6-10-20(18)21/h3-10,15-16,21-22H,11-14H2,1-2H3,(H,26,31)(H,29,30)/t15-,16-,22-/m0/s1. The van der Waals surface area contributed by atoms with E-state index in [2.05, 4.69) is 29.6 Å². The molecule has 2 N–H and O–H groups in total. The molecule has 1 saturated heterocycles. The average Bonchev–Trinajstić information content (AvgIpc) is 3.42. The van der Waals surface area contributed by atoms with Crippen LogP contribution in [-0.2, 0) is 19.1 Å². The van der Waals surface area contributed by atoms with Gasteiger partial charge in [0.05, 0.1) is 0 Å². The third-order valence-corrected chi connectivity index (χ3v) is 6.60. The van der Waals surface area contributed by atoms with E-state index in [9.17, 15) is 14.4 Å². The van der Waals surface area contributed by atoms with E-state index in [0.717, 1.165) is 22.3 Å². The smallest absolute Gasteiger partial charge is 0.407 e. The lowest BCUT2D eigenvalue weighted by molar-refractivity contribution is -0.153. The van der Waals surface area contributed by atoms with Crippen LogP contribution in [-0.4, -0.2) is 66.9 Å². The zero-order chi connectivity index (χ0) is 23.5. The van der Waals surface area contributed by atoms with Crippen molar-refractivity contribution in [2.24, 2.45) is 5.92 Å². The molecule has 1 fully saturated rings. The highest BCUT2D eigenvalue weighted by Crippen LogP contribution is 2.44. The number of carbonyl (C=O) groups excluding carboxylic acids is 2. The molecule has 2 aliphatic rings. The summed E-state index contributed by atoms with van der Waals surface area (Å²) < 4.78 is 11.1. The lowest BCUT2D eigenvalue weighted by atomic mass is 9.98. The number of hydrogen-bond acceptors (Lipinski definition) is 5. The normalized spacial score (nSPS) is 19.9. The molecule has 3 atom stereocenters. The number of aliphatic carboxylic acids is 1. The van der Waals surface area contributed by atoms with Gasteiger partial charge in [0, 0.05) is 32.0 Å². The zero-order valence-corrected chi connectivity index (χ0v) is 18.7. The summed E-state index contributed by atoms with van der Waals surface area (Å²) in [7, 11) is 1.44. The number of likely N-dealkylation sites (N-methyl/N-ethyl adjacent to an activating group) is 1. The number of alkyl carbamates (subject to hydrolysis) is 1. The van der Waals surface area contributed by atoms with Gasteiger partial charge in [0.1, 0.15) is 18.8 Å². The fraction of sp³-hybridized carbons (Fsp3) is 0.400. The molecule has 0 bridgehead atoms. The first-order valence-corrected chi connectivity index (χ1v) is 11.1. The van der Waals surface area contributed by atoms with Gasteiger partial charge in [0.15, 0.2) is 0 Å². The van der Waals surface area contributed by atoms with Crippen LogP contribution in [0.4, 0.5) is 4.79 Å². The molecular weight excluding hydrogens is 424 g/mol. The zero-order valence-electron chi connectivity index (χ0n) is 18.7. The Kier molecular flexibility index (Phi) is 6.65. The van der Waals surface area contributed by atoms with Crippen LogP contribution in [0.1, 0.15) is 30.4 Å². The third kappa shape index (κ3) is 4.57. The number of hydrogen-bond donors (Lipinski definition) is 2. The molecule has 0 unspecified atom stereocenters. The van der Waals surface area contributed by atoms with Crippen molar-refractivity contribution >= 4 is 18.0 Å². The van der Waals surface area contributed by atoms with Crippen molar-refractivity contribution < 1.29 is 29.0 Å². The number of ether oxygens (including phenoxy) is 2. The SMILES string of the molecule is C[C@@H](C(=O)O)N(C)C(=O)[C@H]1OCC[C@H]1CNC(=O)OCC1c2ccccc2-c2ccccc21. The number of carbonyl (C=O) groups is 3. The summed E-state index contributed by atoms with van der Waals surface area (Å²) in [6.45, 7) is 2.24. The number of carboxylic acid groups (broad SMARTS) is 1. The first kappa shape index (κ1) is 22.8. The Morgan fingerprint density at radius 1 is 1.12 bits per heavy atom.